The molecule has 1 saturated heterocycles. The summed E-state index contributed by atoms with van der Waals surface area (Å²) in [5.74, 6) is 1.65. The number of rotatable bonds is 4. The molecule has 1 aliphatic heterocycles. The number of hydrogen-bond donors (Lipinski definition) is 1. The van der Waals surface area contributed by atoms with E-state index in [-0.39, 0.29) is 0 Å². The van der Waals surface area contributed by atoms with E-state index in [0.29, 0.717) is 17.9 Å². The number of nitrogens with zero attached hydrogens (tertiary/aromatic N) is 3. The lowest BCUT2D eigenvalue weighted by Gasteiger charge is -2.23. The minimum Gasteiger partial charge on any atom is -0.443 e. The summed E-state index contributed by atoms with van der Waals surface area (Å²) in [6.45, 7) is 10.2. The van der Waals surface area contributed by atoms with Gasteiger partial charge in [-0.3, -0.25) is 0 Å². The van der Waals surface area contributed by atoms with Gasteiger partial charge in [0.1, 0.15) is 12.0 Å². The number of hydrogen-bond acceptors (Lipinski definition) is 4. The summed E-state index contributed by atoms with van der Waals surface area (Å²) in [6.07, 6.45) is 2.90. The van der Waals surface area contributed by atoms with Crippen LogP contribution in [0.1, 0.15) is 32.9 Å². The standard InChI is InChI=1S/C17H24N4OS/c1-4-18-16(21-8-7-17(2,3)12-21)19-10-13-11-22-15(20-13)14-6-5-9-23-14/h5-6,9,11H,4,7-8,10,12H2,1-3H3,(H,18,19). The summed E-state index contributed by atoms with van der Waals surface area (Å²) in [5.41, 5.74) is 1.22. The molecule has 3 rings (SSSR count). The highest BCUT2D eigenvalue weighted by Gasteiger charge is 2.30. The molecule has 0 saturated carbocycles. The molecular formula is C17H24N4OS. The first kappa shape index (κ1) is 16.1. The van der Waals surface area contributed by atoms with Gasteiger partial charge in [0.2, 0.25) is 5.89 Å². The van der Waals surface area contributed by atoms with Gasteiger partial charge in [-0.2, -0.15) is 0 Å². The number of aliphatic imine (C=N–C) groups is 1. The van der Waals surface area contributed by atoms with Crippen molar-refractivity contribution in [1.82, 2.24) is 15.2 Å². The maximum Gasteiger partial charge on any atom is 0.236 e. The predicted molar refractivity (Wildman–Crippen MR) is 94.6 cm³/mol. The van der Waals surface area contributed by atoms with Gasteiger partial charge < -0.3 is 14.6 Å². The molecule has 1 N–H and O–H groups in total. The minimum absolute atomic E-state index is 0.358. The molecule has 3 heterocycles. The van der Waals surface area contributed by atoms with Gasteiger partial charge in [-0.15, -0.1) is 11.3 Å². The Labute approximate surface area is 141 Å². The highest BCUT2D eigenvalue weighted by Crippen LogP contribution is 2.29. The van der Waals surface area contributed by atoms with Crippen LogP contribution in [0, 0.1) is 5.41 Å². The molecule has 5 nitrogen and oxygen atoms in total. The Hall–Kier alpha value is -1.82. The first-order chi connectivity index (χ1) is 11.1. The lowest BCUT2D eigenvalue weighted by Crippen LogP contribution is -2.40. The SMILES string of the molecule is CCNC(=NCc1coc(-c2cccs2)n1)N1CCC(C)(C)C1. The van der Waals surface area contributed by atoms with Gasteiger partial charge in [0.15, 0.2) is 5.96 Å². The molecule has 0 bridgehead atoms. The third kappa shape index (κ3) is 3.93. The van der Waals surface area contributed by atoms with Crippen LogP contribution in [0.4, 0.5) is 0 Å². The van der Waals surface area contributed by atoms with Crippen molar-refractivity contribution in [1.29, 1.82) is 0 Å². The second-order valence-electron chi connectivity index (χ2n) is 6.63. The molecule has 1 aliphatic rings. The Kier molecular flexibility index (Phi) is 4.71. The molecule has 0 aliphatic carbocycles. The molecule has 1 fully saturated rings. The van der Waals surface area contributed by atoms with Crippen molar-refractivity contribution in [3.05, 3.63) is 29.5 Å². The maximum absolute atomic E-state index is 5.56. The van der Waals surface area contributed by atoms with E-state index in [4.69, 9.17) is 9.41 Å². The van der Waals surface area contributed by atoms with Crippen LogP contribution >= 0.6 is 11.3 Å². The van der Waals surface area contributed by atoms with Crippen molar-refractivity contribution < 1.29 is 4.42 Å². The van der Waals surface area contributed by atoms with E-state index in [0.717, 1.165) is 36.2 Å². The lowest BCUT2D eigenvalue weighted by molar-refractivity contribution is 0.370. The highest BCUT2D eigenvalue weighted by molar-refractivity contribution is 7.13. The van der Waals surface area contributed by atoms with E-state index >= 15 is 0 Å². The topological polar surface area (TPSA) is 53.7 Å². The first-order valence-corrected chi connectivity index (χ1v) is 8.97. The van der Waals surface area contributed by atoms with Crippen molar-refractivity contribution in [2.75, 3.05) is 19.6 Å². The molecule has 2 aromatic heterocycles. The largest absolute Gasteiger partial charge is 0.443 e. The Morgan fingerprint density at radius 2 is 2.39 bits per heavy atom. The number of likely N-dealkylation sites (tertiary alicyclic amines) is 1. The van der Waals surface area contributed by atoms with E-state index in [1.807, 2.05) is 17.5 Å². The Morgan fingerprint density at radius 3 is 3.04 bits per heavy atom. The first-order valence-electron chi connectivity index (χ1n) is 8.09. The fourth-order valence-corrected chi connectivity index (χ4v) is 3.42. The van der Waals surface area contributed by atoms with Crippen molar-refractivity contribution in [2.24, 2.45) is 10.4 Å². The van der Waals surface area contributed by atoms with E-state index in [2.05, 4.69) is 36.0 Å². The summed E-state index contributed by atoms with van der Waals surface area (Å²) in [4.78, 5) is 12.7. The number of oxazole rings is 1. The Morgan fingerprint density at radius 1 is 1.52 bits per heavy atom. The average molecular weight is 332 g/mol. The van der Waals surface area contributed by atoms with Gasteiger partial charge in [0.25, 0.3) is 0 Å². The summed E-state index contributed by atoms with van der Waals surface area (Å²) < 4.78 is 5.56. The van der Waals surface area contributed by atoms with Crippen LogP contribution in [0.2, 0.25) is 0 Å². The summed E-state index contributed by atoms with van der Waals surface area (Å²) in [5, 5.41) is 5.41. The fraction of sp³-hybridized carbons (Fsp3) is 0.529. The van der Waals surface area contributed by atoms with Crippen molar-refractivity contribution in [3.63, 3.8) is 0 Å². The zero-order valence-corrected chi connectivity index (χ0v) is 14.8. The van der Waals surface area contributed by atoms with Crippen molar-refractivity contribution >= 4 is 17.3 Å². The molecule has 23 heavy (non-hydrogen) atoms. The van der Waals surface area contributed by atoms with Crippen LogP contribution in [0.25, 0.3) is 10.8 Å². The van der Waals surface area contributed by atoms with Crippen molar-refractivity contribution in [2.45, 2.75) is 33.7 Å². The Balaban J connectivity index is 1.69. The van der Waals surface area contributed by atoms with E-state index < -0.39 is 0 Å². The summed E-state index contributed by atoms with van der Waals surface area (Å²) in [7, 11) is 0. The van der Waals surface area contributed by atoms with Crippen LogP contribution in [-0.2, 0) is 6.54 Å². The Bertz CT molecular complexity index is 660. The fourth-order valence-electron chi connectivity index (χ4n) is 2.77. The van der Waals surface area contributed by atoms with Crippen LogP contribution < -0.4 is 5.32 Å². The third-order valence-corrected chi connectivity index (χ3v) is 4.84. The van der Waals surface area contributed by atoms with E-state index in [9.17, 15) is 0 Å². The predicted octanol–water partition coefficient (Wildman–Crippen LogP) is 3.60. The number of nitrogens with one attached hydrogen (secondary N) is 1. The molecule has 124 valence electrons. The van der Waals surface area contributed by atoms with Gasteiger partial charge in [0.05, 0.1) is 11.4 Å². The number of thiophene rings is 1. The van der Waals surface area contributed by atoms with E-state index in [1.165, 1.54) is 6.42 Å². The molecule has 2 aromatic rings. The normalized spacial score (nSPS) is 17.7. The number of aromatic nitrogens is 1. The summed E-state index contributed by atoms with van der Waals surface area (Å²) in [6, 6.07) is 4.01. The molecular weight excluding hydrogens is 308 g/mol. The third-order valence-electron chi connectivity index (χ3n) is 3.99. The molecule has 0 radical (unpaired) electrons. The van der Waals surface area contributed by atoms with Crippen LogP contribution in [0.3, 0.4) is 0 Å². The number of guanidine groups is 1. The maximum atomic E-state index is 5.56. The van der Waals surface area contributed by atoms with Crippen LogP contribution in [0.15, 0.2) is 33.2 Å². The van der Waals surface area contributed by atoms with Gasteiger partial charge >= 0.3 is 0 Å². The van der Waals surface area contributed by atoms with Crippen LogP contribution in [0.5, 0.6) is 0 Å². The quantitative estimate of drug-likeness (QED) is 0.686. The summed E-state index contributed by atoms with van der Waals surface area (Å²) >= 11 is 1.63. The highest BCUT2D eigenvalue weighted by atomic mass is 32.1. The van der Waals surface area contributed by atoms with Crippen molar-refractivity contribution in [3.8, 4) is 10.8 Å². The molecule has 0 spiro atoms. The lowest BCUT2D eigenvalue weighted by atomic mass is 9.93. The van der Waals surface area contributed by atoms with E-state index in [1.54, 1.807) is 17.6 Å². The monoisotopic (exact) mass is 332 g/mol. The minimum atomic E-state index is 0.358. The van der Waals surface area contributed by atoms with Gasteiger partial charge in [-0.25, -0.2) is 9.98 Å². The molecule has 0 aromatic carbocycles. The molecule has 0 amide bonds. The molecule has 0 atom stereocenters. The van der Waals surface area contributed by atoms with Gasteiger partial charge in [-0.1, -0.05) is 19.9 Å². The molecule has 6 heteroatoms. The smallest absolute Gasteiger partial charge is 0.236 e. The van der Waals surface area contributed by atoms with Gasteiger partial charge in [-0.05, 0) is 30.2 Å². The zero-order chi connectivity index (χ0) is 16.3. The second-order valence-corrected chi connectivity index (χ2v) is 7.57. The van der Waals surface area contributed by atoms with Gasteiger partial charge in [0, 0.05) is 19.6 Å². The zero-order valence-electron chi connectivity index (χ0n) is 14.0. The second kappa shape index (κ2) is 6.74. The average Bonchev–Trinajstić information content (AvgIpc) is 3.23. The van der Waals surface area contributed by atoms with Crippen LogP contribution in [-0.4, -0.2) is 35.5 Å². The molecule has 0 unspecified atom stereocenters.